The molecule has 1 amide bonds. The van der Waals surface area contributed by atoms with E-state index in [1.54, 1.807) is 4.90 Å². The average molecular weight is 255 g/mol. The topological polar surface area (TPSA) is 46.6 Å². The van der Waals surface area contributed by atoms with Crippen LogP contribution >= 0.6 is 0 Å². The second-order valence-electron chi connectivity index (χ2n) is 5.10. The number of methoxy groups -OCH3 is 1. The summed E-state index contributed by atoms with van der Waals surface area (Å²) in [6, 6.07) is 0. The summed E-state index contributed by atoms with van der Waals surface area (Å²) >= 11 is 0. The maximum atomic E-state index is 12.2. The molecule has 0 aliphatic heterocycles. The first kappa shape index (κ1) is 15.0. The van der Waals surface area contributed by atoms with E-state index in [2.05, 4.69) is 4.74 Å². The fourth-order valence-corrected chi connectivity index (χ4v) is 2.55. The van der Waals surface area contributed by atoms with Gasteiger partial charge in [0.05, 0.1) is 7.11 Å². The van der Waals surface area contributed by atoms with E-state index in [0.717, 1.165) is 19.3 Å². The predicted molar refractivity (Wildman–Crippen MR) is 70.1 cm³/mol. The van der Waals surface area contributed by atoms with Crippen molar-refractivity contribution in [2.24, 2.45) is 5.92 Å². The highest BCUT2D eigenvalue weighted by Crippen LogP contribution is 2.26. The lowest BCUT2D eigenvalue weighted by atomic mass is 9.86. The van der Waals surface area contributed by atoms with Crippen molar-refractivity contribution in [1.29, 1.82) is 0 Å². The summed E-state index contributed by atoms with van der Waals surface area (Å²) in [7, 11) is 1.36. The summed E-state index contributed by atoms with van der Waals surface area (Å²) < 4.78 is 4.63. The lowest BCUT2D eigenvalue weighted by Gasteiger charge is -2.26. The molecule has 0 atom stereocenters. The van der Waals surface area contributed by atoms with Crippen LogP contribution in [-0.2, 0) is 14.3 Å². The summed E-state index contributed by atoms with van der Waals surface area (Å²) in [5, 5.41) is 0. The van der Waals surface area contributed by atoms with Gasteiger partial charge in [-0.1, -0.05) is 26.2 Å². The Morgan fingerprint density at radius 1 is 1.22 bits per heavy atom. The Morgan fingerprint density at radius 2 is 1.89 bits per heavy atom. The molecular formula is C14H25NO3. The third-order valence-electron chi connectivity index (χ3n) is 3.58. The molecule has 18 heavy (non-hydrogen) atoms. The van der Waals surface area contributed by atoms with Gasteiger partial charge in [-0.2, -0.15) is 0 Å². The van der Waals surface area contributed by atoms with Crippen LogP contribution in [0.25, 0.3) is 0 Å². The van der Waals surface area contributed by atoms with Crippen molar-refractivity contribution in [3.8, 4) is 0 Å². The van der Waals surface area contributed by atoms with Gasteiger partial charge in [0.25, 0.3) is 0 Å². The smallest absolute Gasteiger partial charge is 0.325 e. The van der Waals surface area contributed by atoms with Gasteiger partial charge < -0.3 is 9.64 Å². The Labute approximate surface area is 110 Å². The van der Waals surface area contributed by atoms with Crippen molar-refractivity contribution in [2.75, 3.05) is 20.2 Å². The molecule has 0 aromatic rings. The first-order chi connectivity index (χ1) is 8.67. The molecule has 4 nitrogen and oxygen atoms in total. The van der Waals surface area contributed by atoms with Gasteiger partial charge in [0.1, 0.15) is 6.54 Å². The van der Waals surface area contributed by atoms with Crippen molar-refractivity contribution in [3.63, 3.8) is 0 Å². The molecule has 104 valence electrons. The van der Waals surface area contributed by atoms with Crippen LogP contribution in [0.1, 0.15) is 51.9 Å². The van der Waals surface area contributed by atoms with Gasteiger partial charge >= 0.3 is 5.97 Å². The summed E-state index contributed by atoms with van der Waals surface area (Å²) in [6.07, 6.45) is 7.55. The summed E-state index contributed by atoms with van der Waals surface area (Å²) in [5.74, 6) is 0.290. The molecule has 0 unspecified atom stereocenters. The van der Waals surface area contributed by atoms with Gasteiger partial charge in [0.2, 0.25) is 5.91 Å². The maximum Gasteiger partial charge on any atom is 0.325 e. The average Bonchev–Trinajstić information content (AvgIpc) is 2.39. The van der Waals surface area contributed by atoms with E-state index in [1.807, 2.05) is 6.92 Å². The zero-order valence-electron chi connectivity index (χ0n) is 11.6. The number of nitrogens with zero attached hydrogens (tertiary/aromatic N) is 1. The van der Waals surface area contributed by atoms with Gasteiger partial charge in [0, 0.05) is 13.0 Å². The molecule has 0 N–H and O–H groups in total. The van der Waals surface area contributed by atoms with E-state index in [1.165, 1.54) is 26.4 Å². The van der Waals surface area contributed by atoms with Crippen LogP contribution in [0.3, 0.4) is 0 Å². The van der Waals surface area contributed by atoms with Gasteiger partial charge in [-0.25, -0.2) is 0 Å². The molecule has 0 aromatic heterocycles. The predicted octanol–water partition coefficient (Wildman–Crippen LogP) is 2.37. The molecule has 0 spiro atoms. The quantitative estimate of drug-likeness (QED) is 0.685. The van der Waals surface area contributed by atoms with Gasteiger partial charge in [-0.05, 0) is 25.2 Å². The van der Waals surface area contributed by atoms with Crippen molar-refractivity contribution in [3.05, 3.63) is 0 Å². The zero-order chi connectivity index (χ0) is 13.4. The summed E-state index contributed by atoms with van der Waals surface area (Å²) in [5.41, 5.74) is 0. The van der Waals surface area contributed by atoms with Crippen LogP contribution in [0.4, 0.5) is 0 Å². The highest BCUT2D eigenvalue weighted by Gasteiger charge is 2.22. The third-order valence-corrected chi connectivity index (χ3v) is 3.58. The Balaban J connectivity index is 2.44. The molecule has 0 radical (unpaired) electrons. The molecule has 4 heteroatoms. The second-order valence-corrected chi connectivity index (χ2v) is 5.10. The molecule has 1 aliphatic carbocycles. The molecule has 0 saturated heterocycles. The number of carbonyl (C=O) groups is 2. The number of rotatable bonds is 6. The van der Waals surface area contributed by atoms with Crippen molar-refractivity contribution >= 4 is 11.9 Å². The minimum Gasteiger partial charge on any atom is -0.468 e. The van der Waals surface area contributed by atoms with Gasteiger partial charge in [0.15, 0.2) is 0 Å². The van der Waals surface area contributed by atoms with E-state index in [-0.39, 0.29) is 18.4 Å². The number of ether oxygens (including phenoxy) is 1. The minimum absolute atomic E-state index is 0.0931. The van der Waals surface area contributed by atoms with E-state index in [9.17, 15) is 9.59 Å². The van der Waals surface area contributed by atoms with Crippen LogP contribution < -0.4 is 0 Å². The largest absolute Gasteiger partial charge is 0.468 e. The van der Waals surface area contributed by atoms with Crippen molar-refractivity contribution in [1.82, 2.24) is 4.90 Å². The standard InChI is InChI=1S/C14H25NO3/c1-3-9-15(11-14(17)18-2)13(16)10-12-7-5-4-6-8-12/h12H,3-11H2,1-2H3. The van der Waals surface area contributed by atoms with E-state index in [4.69, 9.17) is 0 Å². The zero-order valence-corrected chi connectivity index (χ0v) is 11.6. The molecule has 0 aromatic carbocycles. The minimum atomic E-state index is -0.333. The Morgan fingerprint density at radius 3 is 2.44 bits per heavy atom. The SMILES string of the molecule is CCCN(CC(=O)OC)C(=O)CC1CCCCC1. The van der Waals surface area contributed by atoms with Gasteiger partial charge in [-0.3, -0.25) is 9.59 Å². The molecule has 1 rings (SSSR count). The summed E-state index contributed by atoms with van der Waals surface area (Å²) in [6.45, 7) is 2.74. The lowest BCUT2D eigenvalue weighted by Crippen LogP contribution is -2.37. The number of hydrogen-bond acceptors (Lipinski definition) is 3. The first-order valence-corrected chi connectivity index (χ1v) is 7.02. The Kier molecular flexibility index (Phi) is 6.76. The molecule has 0 heterocycles. The molecular weight excluding hydrogens is 230 g/mol. The normalized spacial score (nSPS) is 16.3. The number of carbonyl (C=O) groups excluding carboxylic acids is 2. The maximum absolute atomic E-state index is 12.2. The van der Waals surface area contributed by atoms with Crippen LogP contribution in [0.2, 0.25) is 0 Å². The Bertz CT molecular complexity index is 272. The van der Waals surface area contributed by atoms with Crippen LogP contribution in [0.5, 0.6) is 0 Å². The molecule has 1 saturated carbocycles. The second kappa shape index (κ2) is 8.11. The van der Waals surface area contributed by atoms with E-state index < -0.39 is 0 Å². The monoisotopic (exact) mass is 255 g/mol. The first-order valence-electron chi connectivity index (χ1n) is 7.02. The van der Waals surface area contributed by atoms with Crippen LogP contribution in [-0.4, -0.2) is 37.0 Å². The van der Waals surface area contributed by atoms with E-state index >= 15 is 0 Å². The molecule has 1 fully saturated rings. The lowest BCUT2D eigenvalue weighted by molar-refractivity contribution is -0.147. The number of hydrogen-bond donors (Lipinski definition) is 0. The Hall–Kier alpha value is -1.06. The third kappa shape index (κ3) is 5.07. The van der Waals surface area contributed by atoms with Crippen LogP contribution in [0, 0.1) is 5.92 Å². The number of amides is 1. The van der Waals surface area contributed by atoms with Crippen molar-refractivity contribution < 1.29 is 14.3 Å². The van der Waals surface area contributed by atoms with Crippen molar-refractivity contribution in [2.45, 2.75) is 51.9 Å². The van der Waals surface area contributed by atoms with Gasteiger partial charge in [-0.15, -0.1) is 0 Å². The molecule has 1 aliphatic rings. The number of esters is 1. The summed E-state index contributed by atoms with van der Waals surface area (Å²) in [4.78, 5) is 25.1. The highest BCUT2D eigenvalue weighted by atomic mass is 16.5. The molecule has 0 bridgehead atoms. The fraction of sp³-hybridized carbons (Fsp3) is 0.857. The van der Waals surface area contributed by atoms with Crippen LogP contribution in [0.15, 0.2) is 0 Å². The van der Waals surface area contributed by atoms with E-state index in [0.29, 0.717) is 18.9 Å². The highest BCUT2D eigenvalue weighted by molar-refractivity contribution is 5.82. The fourth-order valence-electron chi connectivity index (χ4n) is 2.55.